The van der Waals surface area contributed by atoms with Crippen molar-refractivity contribution in [3.8, 4) is 0 Å². The van der Waals surface area contributed by atoms with Crippen LogP contribution in [0.5, 0.6) is 0 Å². The molecule has 0 aromatic carbocycles. The lowest BCUT2D eigenvalue weighted by atomic mass is 10.0. The van der Waals surface area contributed by atoms with E-state index in [0.29, 0.717) is 11.9 Å². The molecule has 0 spiro atoms. The summed E-state index contributed by atoms with van der Waals surface area (Å²) in [6.45, 7) is 10.9. The molecule has 1 rings (SSSR count). The van der Waals surface area contributed by atoms with Crippen molar-refractivity contribution in [3.63, 3.8) is 0 Å². The lowest BCUT2D eigenvalue weighted by Gasteiger charge is -2.23. The normalized spacial score (nSPS) is 12.8. The lowest BCUT2D eigenvalue weighted by molar-refractivity contribution is 0.281. The molecule has 0 amide bonds. The number of hydrogen-bond acceptors (Lipinski definition) is 4. The molecule has 1 unspecified atom stereocenters. The molecular weight excluding hydrogens is 236 g/mol. The first-order chi connectivity index (χ1) is 9.21. The number of nitrogen functional groups attached to an aromatic ring is 1. The zero-order chi connectivity index (χ0) is 14.1. The van der Waals surface area contributed by atoms with Gasteiger partial charge in [-0.05, 0) is 50.7 Å². The van der Waals surface area contributed by atoms with Crippen molar-refractivity contribution in [2.75, 3.05) is 31.9 Å². The number of nitrogens with zero attached hydrogens (tertiary/aromatic N) is 2. The monoisotopic (exact) mass is 264 g/mol. The third-order valence-electron chi connectivity index (χ3n) is 3.57. The van der Waals surface area contributed by atoms with Gasteiger partial charge in [0.25, 0.3) is 0 Å². The van der Waals surface area contributed by atoms with E-state index in [1.807, 2.05) is 6.07 Å². The summed E-state index contributed by atoms with van der Waals surface area (Å²) in [4.78, 5) is 6.61. The highest BCUT2D eigenvalue weighted by Gasteiger charge is 2.12. The van der Waals surface area contributed by atoms with Crippen molar-refractivity contribution in [3.05, 3.63) is 23.9 Å². The number of anilines is 1. The Morgan fingerprint density at radius 3 is 2.63 bits per heavy atom. The minimum atomic E-state index is 0.470. The number of likely N-dealkylation sites (N-methyl/N-ethyl adjacent to an activating group) is 1. The molecule has 19 heavy (non-hydrogen) atoms. The van der Waals surface area contributed by atoms with Crippen LogP contribution in [0.4, 0.5) is 5.82 Å². The summed E-state index contributed by atoms with van der Waals surface area (Å²) in [6.07, 6.45) is 3.84. The molecule has 3 N–H and O–H groups in total. The van der Waals surface area contributed by atoms with E-state index in [2.05, 4.69) is 42.0 Å². The van der Waals surface area contributed by atoms with E-state index < -0.39 is 0 Å². The maximum atomic E-state index is 5.92. The maximum absolute atomic E-state index is 5.92. The highest BCUT2D eigenvalue weighted by molar-refractivity contribution is 5.38. The van der Waals surface area contributed by atoms with Gasteiger partial charge in [-0.3, -0.25) is 0 Å². The van der Waals surface area contributed by atoms with Gasteiger partial charge in [-0.1, -0.05) is 26.8 Å². The summed E-state index contributed by atoms with van der Waals surface area (Å²) in [6, 6.07) is 4.50. The number of hydrogen-bond donors (Lipinski definition) is 2. The Kier molecular flexibility index (Phi) is 7.45. The fraction of sp³-hybridized carbons (Fsp3) is 0.667. The smallest absolute Gasteiger partial charge is 0.126 e. The highest BCUT2D eigenvalue weighted by Crippen LogP contribution is 2.12. The van der Waals surface area contributed by atoms with Gasteiger partial charge in [0.1, 0.15) is 5.82 Å². The fourth-order valence-electron chi connectivity index (χ4n) is 2.33. The zero-order valence-corrected chi connectivity index (χ0v) is 12.5. The van der Waals surface area contributed by atoms with Crippen LogP contribution >= 0.6 is 0 Å². The molecule has 1 aromatic rings. The van der Waals surface area contributed by atoms with Gasteiger partial charge in [0.2, 0.25) is 0 Å². The second kappa shape index (κ2) is 8.88. The van der Waals surface area contributed by atoms with Gasteiger partial charge in [-0.15, -0.1) is 0 Å². The predicted molar refractivity (Wildman–Crippen MR) is 82.2 cm³/mol. The average molecular weight is 264 g/mol. The minimum Gasteiger partial charge on any atom is -0.383 e. The summed E-state index contributed by atoms with van der Waals surface area (Å²) in [7, 11) is 0. The van der Waals surface area contributed by atoms with Crippen molar-refractivity contribution >= 4 is 5.82 Å². The molecule has 0 aliphatic rings. The topological polar surface area (TPSA) is 54.2 Å². The quantitative estimate of drug-likeness (QED) is 0.715. The van der Waals surface area contributed by atoms with Gasteiger partial charge in [0.05, 0.1) is 0 Å². The Morgan fingerprint density at radius 2 is 2.05 bits per heavy atom. The summed E-state index contributed by atoms with van der Waals surface area (Å²) in [5, 5.41) is 3.55. The third-order valence-corrected chi connectivity index (χ3v) is 3.57. The summed E-state index contributed by atoms with van der Waals surface area (Å²) >= 11 is 0. The van der Waals surface area contributed by atoms with Gasteiger partial charge in [0.15, 0.2) is 0 Å². The Balaban J connectivity index is 2.55. The molecule has 1 aromatic heterocycles. The Bertz CT molecular complexity index is 350. The van der Waals surface area contributed by atoms with E-state index in [1.54, 1.807) is 6.20 Å². The van der Waals surface area contributed by atoms with Crippen molar-refractivity contribution in [2.24, 2.45) is 0 Å². The van der Waals surface area contributed by atoms with Crippen LogP contribution in [-0.2, 0) is 6.42 Å². The van der Waals surface area contributed by atoms with Crippen LogP contribution in [0.1, 0.15) is 32.8 Å². The summed E-state index contributed by atoms with van der Waals surface area (Å²) < 4.78 is 0. The maximum Gasteiger partial charge on any atom is 0.126 e. The summed E-state index contributed by atoms with van der Waals surface area (Å²) in [5.74, 6) is 0.660. The molecule has 0 saturated carbocycles. The lowest BCUT2D eigenvalue weighted by Crippen LogP contribution is -2.36. The number of aromatic nitrogens is 1. The van der Waals surface area contributed by atoms with Crippen LogP contribution in [0.25, 0.3) is 0 Å². The first kappa shape index (κ1) is 15.9. The van der Waals surface area contributed by atoms with Crippen molar-refractivity contribution in [2.45, 2.75) is 39.7 Å². The van der Waals surface area contributed by atoms with E-state index in [-0.39, 0.29) is 0 Å². The standard InChI is InChI=1S/C15H28N4/c1-4-17-14(9-11-19(5-2)6-3)12-13-8-7-10-18-15(13)16/h7-8,10,14,17H,4-6,9,11-12H2,1-3H3,(H2,16,18). The molecular formula is C15H28N4. The average Bonchev–Trinajstić information content (AvgIpc) is 2.42. The molecule has 0 aliphatic carbocycles. The van der Waals surface area contributed by atoms with Crippen molar-refractivity contribution in [1.29, 1.82) is 0 Å². The van der Waals surface area contributed by atoms with Gasteiger partial charge in [-0.2, -0.15) is 0 Å². The molecule has 1 atom stereocenters. The van der Waals surface area contributed by atoms with Crippen LogP contribution in [0.3, 0.4) is 0 Å². The van der Waals surface area contributed by atoms with Crippen molar-refractivity contribution < 1.29 is 0 Å². The molecule has 0 aliphatic heterocycles. The number of pyridine rings is 1. The third kappa shape index (κ3) is 5.57. The van der Waals surface area contributed by atoms with Crippen LogP contribution < -0.4 is 11.1 Å². The molecule has 1 heterocycles. The van der Waals surface area contributed by atoms with Crippen LogP contribution in [0.2, 0.25) is 0 Å². The number of nitrogens with two attached hydrogens (primary N) is 1. The van der Waals surface area contributed by atoms with E-state index >= 15 is 0 Å². The SMILES string of the molecule is CCNC(CCN(CC)CC)Cc1cccnc1N. The Hall–Kier alpha value is -1.13. The minimum absolute atomic E-state index is 0.470. The first-order valence-electron chi connectivity index (χ1n) is 7.36. The van der Waals surface area contributed by atoms with E-state index in [1.165, 1.54) is 0 Å². The molecule has 108 valence electrons. The molecule has 0 fully saturated rings. The molecule has 4 nitrogen and oxygen atoms in total. The summed E-state index contributed by atoms with van der Waals surface area (Å²) in [5.41, 5.74) is 7.07. The number of rotatable bonds is 9. The van der Waals surface area contributed by atoms with Crippen molar-refractivity contribution in [1.82, 2.24) is 15.2 Å². The predicted octanol–water partition coefficient (Wildman–Crippen LogP) is 1.92. The van der Waals surface area contributed by atoms with E-state index in [9.17, 15) is 0 Å². The van der Waals surface area contributed by atoms with Gasteiger partial charge < -0.3 is 16.0 Å². The van der Waals surface area contributed by atoms with Crippen LogP contribution in [0, 0.1) is 0 Å². The van der Waals surface area contributed by atoms with Crippen LogP contribution in [0.15, 0.2) is 18.3 Å². The first-order valence-corrected chi connectivity index (χ1v) is 7.36. The van der Waals surface area contributed by atoms with Crippen LogP contribution in [-0.4, -0.2) is 42.1 Å². The largest absolute Gasteiger partial charge is 0.383 e. The second-order valence-corrected chi connectivity index (χ2v) is 4.82. The van der Waals surface area contributed by atoms with Gasteiger partial charge in [0, 0.05) is 12.2 Å². The molecule has 0 bridgehead atoms. The number of nitrogens with one attached hydrogen (secondary N) is 1. The Labute approximate surface area is 117 Å². The zero-order valence-electron chi connectivity index (χ0n) is 12.5. The second-order valence-electron chi connectivity index (χ2n) is 4.82. The van der Waals surface area contributed by atoms with E-state index in [0.717, 1.165) is 44.6 Å². The van der Waals surface area contributed by atoms with Gasteiger partial charge in [-0.25, -0.2) is 4.98 Å². The highest BCUT2D eigenvalue weighted by atomic mass is 15.1. The molecule has 4 heteroatoms. The van der Waals surface area contributed by atoms with E-state index in [4.69, 9.17) is 5.73 Å². The molecule has 0 saturated heterocycles. The van der Waals surface area contributed by atoms with Gasteiger partial charge >= 0.3 is 0 Å². The fourth-order valence-corrected chi connectivity index (χ4v) is 2.33. The molecule has 0 radical (unpaired) electrons. The Morgan fingerprint density at radius 1 is 1.32 bits per heavy atom.